The highest BCUT2D eigenvalue weighted by molar-refractivity contribution is 5.94. The summed E-state index contributed by atoms with van der Waals surface area (Å²) in [5.41, 5.74) is -0.802. The van der Waals surface area contributed by atoms with Crippen molar-refractivity contribution in [1.29, 1.82) is 0 Å². The number of nitrogens with zero attached hydrogens (tertiary/aromatic N) is 1. The van der Waals surface area contributed by atoms with Crippen LogP contribution < -0.4 is 5.32 Å². The number of benzene rings is 2. The van der Waals surface area contributed by atoms with Crippen LogP contribution in [0.2, 0.25) is 0 Å². The van der Waals surface area contributed by atoms with Gasteiger partial charge >= 0.3 is 0 Å². The van der Waals surface area contributed by atoms with Gasteiger partial charge in [-0.1, -0.05) is 24.3 Å². The molecule has 1 amide bonds. The lowest BCUT2D eigenvalue weighted by Crippen LogP contribution is -2.38. The van der Waals surface area contributed by atoms with Crippen LogP contribution in [0.3, 0.4) is 0 Å². The molecule has 3 rings (SSSR count). The minimum Gasteiger partial charge on any atom is -0.458 e. The summed E-state index contributed by atoms with van der Waals surface area (Å²) in [6, 6.07) is 14.5. The maximum Gasteiger partial charge on any atom is 0.270 e. The highest BCUT2D eigenvalue weighted by Crippen LogP contribution is 2.27. The number of rotatable bonds is 5. The van der Waals surface area contributed by atoms with E-state index < -0.39 is 16.4 Å². The molecule has 3 aromatic rings. The predicted octanol–water partition coefficient (Wildman–Crippen LogP) is 2.98. The van der Waals surface area contributed by atoms with Crippen LogP contribution in [-0.4, -0.2) is 22.5 Å². The molecule has 0 saturated heterocycles. The van der Waals surface area contributed by atoms with Gasteiger partial charge in [0.05, 0.1) is 11.5 Å². The molecular formula is C18H16N2O5. The van der Waals surface area contributed by atoms with Crippen molar-refractivity contribution < 1.29 is 19.2 Å². The number of nitrogens with one attached hydrogen (secondary N) is 1. The molecule has 1 heterocycles. The predicted molar refractivity (Wildman–Crippen MR) is 91.2 cm³/mol. The number of para-hydroxylation sites is 1. The van der Waals surface area contributed by atoms with Crippen LogP contribution in [0, 0.1) is 10.1 Å². The van der Waals surface area contributed by atoms with Gasteiger partial charge in [-0.15, -0.1) is 0 Å². The normalized spacial score (nSPS) is 13.4. The summed E-state index contributed by atoms with van der Waals surface area (Å²) < 4.78 is 5.63. The summed E-state index contributed by atoms with van der Waals surface area (Å²) in [7, 11) is 0. The van der Waals surface area contributed by atoms with Gasteiger partial charge in [0.1, 0.15) is 16.9 Å². The van der Waals surface area contributed by atoms with Gasteiger partial charge in [0, 0.05) is 23.1 Å². The summed E-state index contributed by atoms with van der Waals surface area (Å²) in [6.45, 7) is 1.42. The second-order valence-electron chi connectivity index (χ2n) is 5.91. The molecule has 0 aliphatic carbocycles. The average Bonchev–Trinajstić information content (AvgIpc) is 3.05. The van der Waals surface area contributed by atoms with Crippen molar-refractivity contribution in [2.24, 2.45) is 0 Å². The fourth-order valence-corrected chi connectivity index (χ4v) is 2.45. The Kier molecular flexibility index (Phi) is 4.24. The smallest absolute Gasteiger partial charge is 0.270 e. The summed E-state index contributed by atoms with van der Waals surface area (Å²) in [6.07, 6.45) is 0. The van der Waals surface area contributed by atoms with E-state index >= 15 is 0 Å². The number of carbonyl (C=O) groups excluding carboxylic acids is 1. The van der Waals surface area contributed by atoms with E-state index in [2.05, 4.69) is 5.32 Å². The van der Waals surface area contributed by atoms with E-state index in [9.17, 15) is 20.0 Å². The van der Waals surface area contributed by atoms with E-state index in [4.69, 9.17) is 4.42 Å². The Hall–Kier alpha value is -3.19. The van der Waals surface area contributed by atoms with Crippen LogP contribution in [0.1, 0.15) is 23.0 Å². The van der Waals surface area contributed by atoms with E-state index in [0.717, 1.165) is 5.39 Å². The van der Waals surface area contributed by atoms with Crippen molar-refractivity contribution >= 4 is 22.6 Å². The molecule has 0 bridgehead atoms. The Bertz CT molecular complexity index is 912. The standard InChI is InChI=1S/C18H16N2O5/c1-18(22,16-10-12-5-2-3-8-15(12)25-16)11-19-17(21)13-6-4-7-14(9-13)20(23)24/h2-10,22H,11H2,1H3,(H,19,21). The molecule has 0 aliphatic heterocycles. The molecule has 1 atom stereocenters. The van der Waals surface area contributed by atoms with Crippen molar-refractivity contribution in [3.63, 3.8) is 0 Å². The molecule has 1 unspecified atom stereocenters. The maximum absolute atomic E-state index is 12.2. The number of carbonyl (C=O) groups is 1. The van der Waals surface area contributed by atoms with Crippen molar-refractivity contribution in [3.05, 3.63) is 76.0 Å². The largest absolute Gasteiger partial charge is 0.458 e. The molecule has 0 fully saturated rings. The molecule has 0 spiro atoms. The van der Waals surface area contributed by atoms with Crippen LogP contribution in [0.15, 0.2) is 59.0 Å². The zero-order valence-electron chi connectivity index (χ0n) is 13.4. The molecule has 25 heavy (non-hydrogen) atoms. The van der Waals surface area contributed by atoms with Gasteiger partial charge < -0.3 is 14.8 Å². The fraction of sp³-hybridized carbons (Fsp3) is 0.167. The third kappa shape index (κ3) is 3.51. The van der Waals surface area contributed by atoms with E-state index in [1.165, 1.54) is 31.2 Å². The first-order valence-electron chi connectivity index (χ1n) is 7.61. The number of amides is 1. The number of hydrogen-bond acceptors (Lipinski definition) is 5. The third-order valence-electron chi connectivity index (χ3n) is 3.87. The Labute approximate surface area is 143 Å². The molecular weight excluding hydrogens is 324 g/mol. The molecule has 7 nitrogen and oxygen atoms in total. The van der Waals surface area contributed by atoms with Crippen LogP contribution in [0.5, 0.6) is 0 Å². The first-order valence-corrected chi connectivity index (χ1v) is 7.61. The summed E-state index contributed by atoms with van der Waals surface area (Å²) in [5, 5.41) is 24.8. The lowest BCUT2D eigenvalue weighted by molar-refractivity contribution is -0.384. The number of furan rings is 1. The Balaban J connectivity index is 1.74. The topological polar surface area (TPSA) is 106 Å². The van der Waals surface area contributed by atoms with Gasteiger partial charge in [0.15, 0.2) is 0 Å². The highest BCUT2D eigenvalue weighted by atomic mass is 16.6. The second kappa shape index (κ2) is 6.37. The molecule has 0 aliphatic rings. The second-order valence-corrected chi connectivity index (χ2v) is 5.91. The first kappa shape index (κ1) is 16.7. The van der Waals surface area contributed by atoms with Gasteiger partial charge in [0.25, 0.3) is 11.6 Å². The van der Waals surface area contributed by atoms with Gasteiger partial charge in [-0.3, -0.25) is 14.9 Å². The number of nitro groups is 1. The molecule has 2 aromatic carbocycles. The van der Waals surface area contributed by atoms with Crippen LogP contribution in [0.4, 0.5) is 5.69 Å². The van der Waals surface area contributed by atoms with E-state index in [1.54, 1.807) is 12.1 Å². The van der Waals surface area contributed by atoms with Gasteiger partial charge in [0.2, 0.25) is 0 Å². The monoisotopic (exact) mass is 340 g/mol. The Morgan fingerprint density at radius 2 is 2.00 bits per heavy atom. The first-order chi connectivity index (χ1) is 11.9. The minimum atomic E-state index is -1.42. The minimum absolute atomic E-state index is 0.103. The van der Waals surface area contributed by atoms with Crippen LogP contribution in [-0.2, 0) is 5.60 Å². The van der Waals surface area contributed by atoms with Crippen molar-refractivity contribution in [1.82, 2.24) is 5.32 Å². The maximum atomic E-state index is 12.2. The number of hydrogen-bond donors (Lipinski definition) is 2. The summed E-state index contributed by atoms with van der Waals surface area (Å²) in [5.74, 6) is -0.187. The van der Waals surface area contributed by atoms with Gasteiger partial charge in [-0.25, -0.2) is 0 Å². The van der Waals surface area contributed by atoms with E-state index in [0.29, 0.717) is 11.3 Å². The van der Waals surface area contributed by atoms with E-state index in [-0.39, 0.29) is 17.8 Å². The Morgan fingerprint density at radius 3 is 2.72 bits per heavy atom. The zero-order valence-corrected chi connectivity index (χ0v) is 13.4. The SMILES string of the molecule is CC(O)(CNC(=O)c1cccc([N+](=O)[O-])c1)c1cc2ccccc2o1. The number of nitro benzene ring substituents is 1. The van der Waals surface area contributed by atoms with Gasteiger partial charge in [-0.2, -0.15) is 0 Å². The molecule has 0 radical (unpaired) electrons. The highest BCUT2D eigenvalue weighted by Gasteiger charge is 2.28. The van der Waals surface area contributed by atoms with Crippen LogP contribution in [0.25, 0.3) is 11.0 Å². The number of fused-ring (bicyclic) bond motifs is 1. The lowest BCUT2D eigenvalue weighted by atomic mass is 10.0. The lowest BCUT2D eigenvalue weighted by Gasteiger charge is -2.21. The molecule has 7 heteroatoms. The Morgan fingerprint density at radius 1 is 1.24 bits per heavy atom. The molecule has 0 saturated carbocycles. The summed E-state index contributed by atoms with van der Waals surface area (Å²) in [4.78, 5) is 22.4. The summed E-state index contributed by atoms with van der Waals surface area (Å²) >= 11 is 0. The molecule has 128 valence electrons. The van der Waals surface area contributed by atoms with Crippen molar-refractivity contribution in [2.45, 2.75) is 12.5 Å². The average molecular weight is 340 g/mol. The van der Waals surface area contributed by atoms with Gasteiger partial charge in [-0.05, 0) is 25.1 Å². The zero-order chi connectivity index (χ0) is 18.0. The van der Waals surface area contributed by atoms with E-state index in [1.807, 2.05) is 18.2 Å². The van der Waals surface area contributed by atoms with Crippen molar-refractivity contribution in [3.8, 4) is 0 Å². The quantitative estimate of drug-likeness (QED) is 0.549. The third-order valence-corrected chi connectivity index (χ3v) is 3.87. The fourth-order valence-electron chi connectivity index (χ4n) is 2.45. The number of aliphatic hydroxyl groups is 1. The molecule has 1 aromatic heterocycles. The molecule has 2 N–H and O–H groups in total. The van der Waals surface area contributed by atoms with Crippen LogP contribution >= 0.6 is 0 Å². The van der Waals surface area contributed by atoms with Crippen molar-refractivity contribution in [2.75, 3.05) is 6.54 Å². The number of non-ortho nitro benzene ring substituents is 1.